The quantitative estimate of drug-likeness (QED) is 0.785. The first kappa shape index (κ1) is 19.3. The van der Waals surface area contributed by atoms with Gasteiger partial charge >= 0.3 is 0 Å². The molecule has 0 aromatic heterocycles. The summed E-state index contributed by atoms with van der Waals surface area (Å²) in [7, 11) is 1.79. The van der Waals surface area contributed by atoms with Gasteiger partial charge in [0.05, 0.1) is 5.88 Å². The lowest BCUT2D eigenvalue weighted by molar-refractivity contribution is -0.135. The molecular weight excluding hydrogens is 360 g/mol. The molecule has 1 heterocycles. The Labute approximate surface area is 164 Å². The highest BCUT2D eigenvalue weighted by Gasteiger charge is 2.37. The van der Waals surface area contributed by atoms with Crippen molar-refractivity contribution in [3.63, 3.8) is 0 Å². The summed E-state index contributed by atoms with van der Waals surface area (Å²) < 4.78 is 5.77. The largest absolute Gasteiger partial charge is 0.457 e. The summed E-state index contributed by atoms with van der Waals surface area (Å²) >= 11 is 1.61. The van der Waals surface area contributed by atoms with E-state index in [1.807, 2.05) is 44.2 Å². The van der Waals surface area contributed by atoms with Crippen molar-refractivity contribution in [3.8, 4) is 11.5 Å². The van der Waals surface area contributed by atoms with E-state index in [1.165, 1.54) is 0 Å². The second kappa shape index (κ2) is 8.48. The van der Waals surface area contributed by atoms with Crippen LogP contribution in [0.2, 0.25) is 0 Å². The van der Waals surface area contributed by atoms with Crippen molar-refractivity contribution < 1.29 is 14.3 Å². The molecule has 0 spiro atoms. The van der Waals surface area contributed by atoms with Crippen molar-refractivity contribution in [3.05, 3.63) is 60.2 Å². The second-order valence-corrected chi connectivity index (χ2v) is 7.77. The summed E-state index contributed by atoms with van der Waals surface area (Å²) in [6.07, 6.45) is 0. The predicted molar refractivity (Wildman–Crippen MR) is 108 cm³/mol. The topological polar surface area (TPSA) is 49.9 Å². The summed E-state index contributed by atoms with van der Waals surface area (Å²) in [4.78, 5) is 29.0. The first-order valence-electron chi connectivity index (χ1n) is 8.95. The molecule has 0 radical (unpaired) electrons. The van der Waals surface area contributed by atoms with Gasteiger partial charge in [-0.05, 0) is 50.2 Å². The van der Waals surface area contributed by atoms with Crippen molar-refractivity contribution in [1.82, 2.24) is 9.80 Å². The molecular formula is C21H24N2O3S. The Morgan fingerprint density at radius 3 is 2.33 bits per heavy atom. The molecule has 6 heteroatoms. The fourth-order valence-corrected chi connectivity index (χ4v) is 3.94. The number of carbonyl (C=O) groups excluding carboxylic acids is 2. The lowest BCUT2D eigenvalue weighted by Gasteiger charge is -2.29. The third-order valence-electron chi connectivity index (χ3n) is 4.63. The van der Waals surface area contributed by atoms with Crippen molar-refractivity contribution in [2.75, 3.05) is 18.7 Å². The molecule has 1 aliphatic heterocycles. The molecule has 2 aromatic carbocycles. The summed E-state index contributed by atoms with van der Waals surface area (Å²) in [6, 6.07) is 16.2. The molecule has 1 saturated heterocycles. The van der Waals surface area contributed by atoms with Gasteiger partial charge in [-0.1, -0.05) is 18.2 Å². The average Bonchev–Trinajstić information content (AvgIpc) is 3.17. The van der Waals surface area contributed by atoms with Crippen LogP contribution < -0.4 is 4.74 Å². The first-order valence-corrected chi connectivity index (χ1v) is 10.1. The van der Waals surface area contributed by atoms with Gasteiger partial charge in [-0.3, -0.25) is 9.59 Å². The number of likely N-dealkylation sites (N-methyl/N-ethyl adjacent to an activating group) is 1. The van der Waals surface area contributed by atoms with Gasteiger partial charge in [0.25, 0.3) is 5.91 Å². The number of carbonyl (C=O) groups is 2. The molecule has 142 valence electrons. The van der Waals surface area contributed by atoms with Gasteiger partial charge in [0.2, 0.25) is 5.91 Å². The van der Waals surface area contributed by atoms with Gasteiger partial charge in [0, 0.05) is 24.4 Å². The minimum absolute atomic E-state index is 0.00705. The average molecular weight is 385 g/mol. The van der Waals surface area contributed by atoms with Crippen LogP contribution in [0.15, 0.2) is 54.6 Å². The van der Waals surface area contributed by atoms with Crippen LogP contribution in [0, 0.1) is 0 Å². The molecule has 0 saturated carbocycles. The van der Waals surface area contributed by atoms with E-state index in [4.69, 9.17) is 4.74 Å². The molecule has 5 nitrogen and oxygen atoms in total. The fourth-order valence-electron chi connectivity index (χ4n) is 2.79. The molecule has 0 aliphatic carbocycles. The Morgan fingerprint density at radius 2 is 1.70 bits per heavy atom. The number of rotatable bonds is 5. The highest BCUT2D eigenvalue weighted by atomic mass is 32.2. The molecule has 1 fully saturated rings. The Hall–Kier alpha value is -2.47. The van der Waals surface area contributed by atoms with Crippen LogP contribution in [0.5, 0.6) is 11.5 Å². The van der Waals surface area contributed by atoms with Gasteiger partial charge < -0.3 is 14.5 Å². The van der Waals surface area contributed by atoms with E-state index in [1.54, 1.807) is 52.9 Å². The zero-order chi connectivity index (χ0) is 19.4. The minimum Gasteiger partial charge on any atom is -0.457 e. The van der Waals surface area contributed by atoms with Crippen molar-refractivity contribution in [2.45, 2.75) is 25.9 Å². The van der Waals surface area contributed by atoms with Crippen LogP contribution in [-0.4, -0.2) is 52.4 Å². The standard InChI is InChI=1S/C21H24N2O3S/c1-15(2)22(3)21(25)19-13-27-14-23(19)20(24)16-9-11-18(12-10-16)26-17-7-5-4-6-8-17/h4-12,15,19H,13-14H2,1-3H3. The second-order valence-electron chi connectivity index (χ2n) is 6.77. The number of hydrogen-bond acceptors (Lipinski definition) is 4. The summed E-state index contributed by atoms with van der Waals surface area (Å²) in [6.45, 7) is 3.94. The molecule has 1 aliphatic rings. The van der Waals surface area contributed by atoms with Crippen LogP contribution in [0.3, 0.4) is 0 Å². The van der Waals surface area contributed by atoms with E-state index in [9.17, 15) is 9.59 Å². The maximum atomic E-state index is 12.9. The third kappa shape index (κ3) is 4.45. The molecule has 2 aromatic rings. The highest BCUT2D eigenvalue weighted by Crippen LogP contribution is 2.26. The minimum atomic E-state index is -0.407. The number of hydrogen-bond donors (Lipinski definition) is 0. The molecule has 27 heavy (non-hydrogen) atoms. The Kier molecular flexibility index (Phi) is 6.06. The number of ether oxygens (including phenoxy) is 1. The summed E-state index contributed by atoms with van der Waals surface area (Å²) in [5, 5.41) is 0. The van der Waals surface area contributed by atoms with Crippen LogP contribution in [0.4, 0.5) is 0 Å². The first-order chi connectivity index (χ1) is 13.0. The van der Waals surface area contributed by atoms with E-state index in [2.05, 4.69) is 0 Å². The SMILES string of the molecule is CC(C)N(C)C(=O)C1CSCN1C(=O)c1ccc(Oc2ccccc2)cc1. The van der Waals surface area contributed by atoms with Crippen molar-refractivity contribution >= 4 is 23.6 Å². The lowest BCUT2D eigenvalue weighted by atomic mass is 10.1. The predicted octanol–water partition coefficient (Wildman–Crippen LogP) is 3.86. The number of benzene rings is 2. The molecule has 1 unspecified atom stereocenters. The number of amides is 2. The molecule has 0 N–H and O–H groups in total. The summed E-state index contributed by atoms with van der Waals surface area (Å²) in [5.41, 5.74) is 0.558. The third-order valence-corrected chi connectivity index (χ3v) is 5.64. The van der Waals surface area contributed by atoms with Gasteiger partial charge in [-0.15, -0.1) is 11.8 Å². The zero-order valence-corrected chi connectivity index (χ0v) is 16.6. The van der Waals surface area contributed by atoms with Gasteiger partial charge in [-0.2, -0.15) is 0 Å². The van der Waals surface area contributed by atoms with Crippen LogP contribution in [0.25, 0.3) is 0 Å². The lowest BCUT2D eigenvalue weighted by Crippen LogP contribution is -2.49. The Morgan fingerprint density at radius 1 is 1.07 bits per heavy atom. The van der Waals surface area contributed by atoms with Gasteiger partial charge in [-0.25, -0.2) is 0 Å². The normalized spacial score (nSPS) is 16.4. The van der Waals surface area contributed by atoms with E-state index in [0.717, 1.165) is 5.75 Å². The number of nitrogens with zero attached hydrogens (tertiary/aromatic N) is 2. The maximum absolute atomic E-state index is 12.9. The van der Waals surface area contributed by atoms with Gasteiger partial charge in [0.1, 0.15) is 17.5 Å². The molecule has 2 amide bonds. The highest BCUT2D eigenvalue weighted by molar-refractivity contribution is 7.99. The monoisotopic (exact) mass is 384 g/mol. The Bertz CT molecular complexity index is 793. The summed E-state index contributed by atoms with van der Waals surface area (Å²) in [5.74, 6) is 2.45. The zero-order valence-electron chi connectivity index (χ0n) is 15.8. The van der Waals surface area contributed by atoms with Crippen molar-refractivity contribution in [1.29, 1.82) is 0 Å². The molecule has 3 rings (SSSR count). The van der Waals surface area contributed by atoms with Gasteiger partial charge in [0.15, 0.2) is 0 Å². The Balaban J connectivity index is 1.70. The molecule has 1 atom stereocenters. The maximum Gasteiger partial charge on any atom is 0.255 e. The van der Waals surface area contributed by atoms with Crippen LogP contribution in [-0.2, 0) is 4.79 Å². The van der Waals surface area contributed by atoms with Crippen LogP contribution >= 0.6 is 11.8 Å². The molecule has 0 bridgehead atoms. The fraction of sp³-hybridized carbons (Fsp3) is 0.333. The van der Waals surface area contributed by atoms with E-state index in [-0.39, 0.29) is 17.9 Å². The van der Waals surface area contributed by atoms with E-state index >= 15 is 0 Å². The van der Waals surface area contributed by atoms with Crippen molar-refractivity contribution in [2.24, 2.45) is 0 Å². The number of para-hydroxylation sites is 1. The van der Waals surface area contributed by atoms with E-state index in [0.29, 0.717) is 22.9 Å². The number of thioether (sulfide) groups is 1. The smallest absolute Gasteiger partial charge is 0.255 e. The van der Waals surface area contributed by atoms with Crippen LogP contribution in [0.1, 0.15) is 24.2 Å². The van der Waals surface area contributed by atoms with E-state index < -0.39 is 6.04 Å².